The van der Waals surface area contributed by atoms with Crippen molar-refractivity contribution in [3.63, 3.8) is 0 Å². The van der Waals surface area contributed by atoms with Crippen molar-refractivity contribution in [1.82, 2.24) is 14.9 Å². The van der Waals surface area contributed by atoms with Crippen LogP contribution in [0.25, 0.3) is 10.9 Å². The van der Waals surface area contributed by atoms with Crippen molar-refractivity contribution in [2.24, 2.45) is 5.73 Å². The van der Waals surface area contributed by atoms with Gasteiger partial charge in [-0.15, -0.1) is 0 Å². The van der Waals surface area contributed by atoms with E-state index in [-0.39, 0.29) is 0 Å². The molecule has 0 aliphatic carbocycles. The molecule has 1 aromatic heterocycles. The molecule has 3 N–H and O–H groups in total. The van der Waals surface area contributed by atoms with E-state index in [2.05, 4.69) is 59.2 Å². The maximum atomic E-state index is 4.86. The van der Waals surface area contributed by atoms with Gasteiger partial charge in [-0.2, -0.15) is 0 Å². The molecule has 1 aliphatic rings. The van der Waals surface area contributed by atoms with E-state index in [1.165, 1.54) is 18.1 Å². The highest BCUT2D eigenvalue weighted by Gasteiger charge is 2.24. The number of nitrogens with zero attached hydrogens (tertiary/aromatic N) is 3. The van der Waals surface area contributed by atoms with Crippen LogP contribution in [0.3, 0.4) is 0 Å². The number of nitrogens with one attached hydrogen (secondary N) is 1. The van der Waals surface area contributed by atoms with Gasteiger partial charge in [-0.3, -0.25) is 4.90 Å². The molecule has 0 bridgehead atoms. The van der Waals surface area contributed by atoms with Gasteiger partial charge in [-0.25, -0.2) is 9.97 Å². The van der Waals surface area contributed by atoms with Crippen LogP contribution in [0, 0.1) is 0 Å². The normalized spacial score (nSPS) is 14.4. The van der Waals surface area contributed by atoms with E-state index in [0.717, 1.165) is 56.1 Å². The van der Waals surface area contributed by atoms with Crippen LogP contribution in [0.1, 0.15) is 45.2 Å². The van der Waals surface area contributed by atoms with E-state index in [1.807, 2.05) is 32.1 Å². The lowest BCUT2D eigenvalue weighted by molar-refractivity contribution is 0.228. The average Bonchev–Trinajstić information content (AvgIpc) is 2.80. The van der Waals surface area contributed by atoms with Gasteiger partial charge in [0.05, 0.1) is 11.2 Å². The standard InChI is InChI=1S/C22H28N4.C2H6.CH5N/c1-4-6-9-17(3)16-26-14-12-18(13-15-26)21-19-10-7-8-11-20(19)24-22(25-21)23-5-2;2*1-2/h4,6-11,18H,1,3,5,12-16H2,2H3,(H,23,24,25);1-2H3;2H2,1H3/b9-6-;;. The molecular weight excluding hydrogens is 370 g/mol. The van der Waals surface area contributed by atoms with Crippen LogP contribution in [-0.2, 0) is 0 Å². The van der Waals surface area contributed by atoms with E-state index in [0.29, 0.717) is 5.92 Å². The van der Waals surface area contributed by atoms with E-state index in [1.54, 1.807) is 6.08 Å². The molecule has 0 radical (unpaired) electrons. The molecule has 1 aliphatic heterocycles. The quantitative estimate of drug-likeness (QED) is 0.620. The third kappa shape index (κ3) is 7.39. The predicted octanol–water partition coefficient (Wildman–Crippen LogP) is 5.14. The molecule has 1 fully saturated rings. The number of nitrogens with two attached hydrogens (primary N) is 1. The minimum atomic E-state index is 0.480. The van der Waals surface area contributed by atoms with Gasteiger partial charge in [-0.05, 0) is 51.5 Å². The Labute approximate surface area is 182 Å². The van der Waals surface area contributed by atoms with E-state index in [9.17, 15) is 0 Å². The van der Waals surface area contributed by atoms with Gasteiger partial charge in [-0.1, -0.05) is 63.4 Å². The van der Waals surface area contributed by atoms with Crippen LogP contribution < -0.4 is 11.1 Å². The lowest BCUT2D eigenvalue weighted by atomic mass is 9.91. The second kappa shape index (κ2) is 14.5. The fourth-order valence-electron chi connectivity index (χ4n) is 3.56. The summed E-state index contributed by atoms with van der Waals surface area (Å²) in [5.74, 6) is 1.22. The summed E-state index contributed by atoms with van der Waals surface area (Å²) in [4.78, 5) is 12.0. The van der Waals surface area contributed by atoms with Crippen LogP contribution in [0.15, 0.2) is 61.2 Å². The number of fused-ring (bicyclic) bond motifs is 1. The molecule has 0 saturated carbocycles. The molecule has 0 unspecified atom stereocenters. The van der Waals surface area contributed by atoms with Crippen LogP contribution in [0.4, 0.5) is 5.95 Å². The molecular formula is C25H39N5. The van der Waals surface area contributed by atoms with Gasteiger partial charge in [0.2, 0.25) is 5.95 Å². The highest BCUT2D eigenvalue weighted by atomic mass is 15.1. The molecule has 2 aromatic rings. The van der Waals surface area contributed by atoms with Crippen molar-refractivity contribution in [2.45, 2.75) is 39.5 Å². The zero-order valence-electron chi connectivity index (χ0n) is 19.2. The maximum absolute atomic E-state index is 4.86. The van der Waals surface area contributed by atoms with Crippen LogP contribution >= 0.6 is 0 Å². The van der Waals surface area contributed by atoms with Crippen molar-refractivity contribution in [2.75, 3.05) is 38.5 Å². The summed E-state index contributed by atoms with van der Waals surface area (Å²) in [6.45, 7) is 17.8. The number of aromatic nitrogens is 2. The van der Waals surface area contributed by atoms with Gasteiger partial charge < -0.3 is 11.1 Å². The van der Waals surface area contributed by atoms with Crippen molar-refractivity contribution in [1.29, 1.82) is 0 Å². The number of likely N-dealkylation sites (tertiary alicyclic amines) is 1. The Morgan fingerprint density at radius 2 is 1.87 bits per heavy atom. The summed E-state index contributed by atoms with van der Waals surface area (Å²) in [6.07, 6.45) is 8.01. The lowest BCUT2D eigenvalue weighted by Crippen LogP contribution is -2.34. The molecule has 164 valence electrons. The summed E-state index contributed by atoms with van der Waals surface area (Å²) in [5, 5.41) is 4.46. The maximum Gasteiger partial charge on any atom is 0.223 e. The van der Waals surface area contributed by atoms with Gasteiger partial charge in [0.1, 0.15) is 0 Å². The van der Waals surface area contributed by atoms with Crippen molar-refractivity contribution in [3.8, 4) is 0 Å². The number of para-hydroxylation sites is 1. The highest BCUT2D eigenvalue weighted by Crippen LogP contribution is 2.32. The number of piperidine rings is 1. The fourth-order valence-corrected chi connectivity index (χ4v) is 3.56. The van der Waals surface area contributed by atoms with Gasteiger partial charge in [0.15, 0.2) is 0 Å². The highest BCUT2D eigenvalue weighted by molar-refractivity contribution is 5.82. The Morgan fingerprint density at radius 1 is 1.20 bits per heavy atom. The monoisotopic (exact) mass is 409 g/mol. The number of hydrogen-bond acceptors (Lipinski definition) is 5. The summed E-state index contributed by atoms with van der Waals surface area (Å²) >= 11 is 0. The summed E-state index contributed by atoms with van der Waals surface area (Å²) < 4.78 is 0. The zero-order valence-corrected chi connectivity index (χ0v) is 19.2. The number of hydrogen-bond donors (Lipinski definition) is 2. The first-order chi connectivity index (χ1) is 14.7. The molecule has 0 atom stereocenters. The van der Waals surface area contributed by atoms with Gasteiger partial charge in [0, 0.05) is 24.4 Å². The molecule has 5 nitrogen and oxygen atoms in total. The molecule has 3 rings (SSSR count). The minimum absolute atomic E-state index is 0.480. The van der Waals surface area contributed by atoms with Crippen LogP contribution in [0.5, 0.6) is 0 Å². The second-order valence-corrected chi connectivity index (χ2v) is 6.78. The number of benzene rings is 1. The van der Waals surface area contributed by atoms with E-state index in [4.69, 9.17) is 4.98 Å². The summed E-state index contributed by atoms with van der Waals surface area (Å²) in [7, 11) is 1.50. The zero-order chi connectivity index (χ0) is 22.4. The molecule has 5 heteroatoms. The first-order valence-electron chi connectivity index (χ1n) is 11.0. The molecule has 1 aromatic carbocycles. The summed E-state index contributed by atoms with van der Waals surface area (Å²) in [5.41, 5.74) is 7.85. The van der Waals surface area contributed by atoms with Crippen molar-refractivity contribution in [3.05, 3.63) is 66.9 Å². The Bertz CT molecular complexity index is 804. The topological polar surface area (TPSA) is 67.1 Å². The Morgan fingerprint density at radius 3 is 2.50 bits per heavy atom. The number of rotatable bonds is 7. The van der Waals surface area contributed by atoms with Crippen molar-refractivity contribution >= 4 is 16.9 Å². The summed E-state index contributed by atoms with van der Waals surface area (Å²) in [6, 6.07) is 8.34. The lowest BCUT2D eigenvalue weighted by Gasteiger charge is -2.32. The minimum Gasteiger partial charge on any atom is -0.354 e. The smallest absolute Gasteiger partial charge is 0.223 e. The van der Waals surface area contributed by atoms with E-state index >= 15 is 0 Å². The molecule has 2 heterocycles. The number of anilines is 1. The number of allylic oxidation sites excluding steroid dienone is 2. The molecule has 1 saturated heterocycles. The Kier molecular flexibility index (Phi) is 12.3. The van der Waals surface area contributed by atoms with E-state index < -0.39 is 0 Å². The first kappa shape index (κ1) is 25.5. The second-order valence-electron chi connectivity index (χ2n) is 6.78. The van der Waals surface area contributed by atoms with Gasteiger partial charge >= 0.3 is 0 Å². The fraction of sp³-hybridized carbons (Fsp3) is 0.440. The average molecular weight is 410 g/mol. The van der Waals surface area contributed by atoms with Gasteiger partial charge in [0.25, 0.3) is 0 Å². The van der Waals surface area contributed by atoms with Crippen LogP contribution in [-0.4, -0.2) is 48.1 Å². The first-order valence-corrected chi connectivity index (χ1v) is 11.0. The molecule has 0 amide bonds. The Hall–Kier alpha value is -2.50. The van der Waals surface area contributed by atoms with Crippen LogP contribution in [0.2, 0.25) is 0 Å². The van der Waals surface area contributed by atoms with Crippen molar-refractivity contribution < 1.29 is 0 Å². The SMILES string of the molecule is C=C/C=C\C(=C)CN1CCC(c2nc(NCC)nc3ccccc23)CC1.CC.CN. The Balaban J connectivity index is 0.00000106. The third-order valence-electron chi connectivity index (χ3n) is 4.84. The largest absolute Gasteiger partial charge is 0.354 e. The molecule has 30 heavy (non-hydrogen) atoms. The molecule has 0 spiro atoms. The third-order valence-corrected chi connectivity index (χ3v) is 4.84. The predicted molar refractivity (Wildman–Crippen MR) is 132 cm³/mol.